The third kappa shape index (κ3) is 5.52. The summed E-state index contributed by atoms with van der Waals surface area (Å²) in [5.41, 5.74) is -0.137. The fourth-order valence-corrected chi connectivity index (χ4v) is 2.02. The van der Waals surface area contributed by atoms with Gasteiger partial charge in [0, 0.05) is 12.1 Å². The van der Waals surface area contributed by atoms with E-state index in [0.717, 1.165) is 0 Å². The molecule has 0 aliphatic carbocycles. The fraction of sp³-hybridized carbons (Fsp3) is 0.533. The number of nitrogens with one attached hydrogen (secondary N) is 1. The van der Waals surface area contributed by atoms with Crippen molar-refractivity contribution in [2.24, 2.45) is 0 Å². The summed E-state index contributed by atoms with van der Waals surface area (Å²) in [5, 5.41) is 2.72. The largest absolute Gasteiger partial charge is 0.444 e. The second kappa shape index (κ2) is 7.09. The van der Waals surface area contributed by atoms with E-state index in [1.807, 2.05) is 19.0 Å². The number of nitrogens with zero attached hydrogens (tertiary/aromatic N) is 1. The van der Waals surface area contributed by atoms with Crippen molar-refractivity contribution in [3.63, 3.8) is 0 Å². The molecule has 0 heterocycles. The van der Waals surface area contributed by atoms with Crippen LogP contribution in [0.5, 0.6) is 0 Å². The van der Waals surface area contributed by atoms with E-state index >= 15 is 0 Å². The van der Waals surface area contributed by atoms with Gasteiger partial charge in [-0.15, -0.1) is 0 Å². The van der Waals surface area contributed by atoms with Crippen LogP contribution >= 0.6 is 11.6 Å². The topological polar surface area (TPSA) is 41.6 Å². The van der Waals surface area contributed by atoms with Crippen LogP contribution in [0.4, 0.5) is 9.18 Å². The van der Waals surface area contributed by atoms with Crippen LogP contribution in [-0.4, -0.2) is 37.2 Å². The van der Waals surface area contributed by atoms with Gasteiger partial charge in [0.25, 0.3) is 0 Å². The van der Waals surface area contributed by atoms with Crippen molar-refractivity contribution in [3.05, 3.63) is 34.6 Å². The third-order valence-electron chi connectivity index (χ3n) is 2.80. The fourth-order valence-electron chi connectivity index (χ4n) is 1.84. The summed E-state index contributed by atoms with van der Waals surface area (Å²) in [6, 6.07) is 4.50. The molecule has 4 nitrogen and oxygen atoms in total. The zero-order valence-corrected chi connectivity index (χ0v) is 13.8. The van der Waals surface area contributed by atoms with Crippen LogP contribution in [0.25, 0.3) is 0 Å². The average molecular weight is 317 g/mol. The number of carbonyl (C=O) groups is 1. The lowest BCUT2D eigenvalue weighted by Crippen LogP contribution is -2.38. The van der Waals surface area contributed by atoms with Gasteiger partial charge in [-0.05, 0) is 40.9 Å². The number of hydrogen-bond donors (Lipinski definition) is 1. The van der Waals surface area contributed by atoms with Crippen LogP contribution < -0.4 is 5.32 Å². The summed E-state index contributed by atoms with van der Waals surface area (Å²) in [5.74, 6) is -0.469. The molecule has 1 aromatic carbocycles. The molecule has 0 unspecified atom stereocenters. The van der Waals surface area contributed by atoms with Gasteiger partial charge in [-0.2, -0.15) is 0 Å². The van der Waals surface area contributed by atoms with Crippen LogP contribution in [0.1, 0.15) is 32.4 Å². The van der Waals surface area contributed by atoms with E-state index in [1.165, 1.54) is 6.07 Å². The van der Waals surface area contributed by atoms with Gasteiger partial charge in [0.1, 0.15) is 11.4 Å². The van der Waals surface area contributed by atoms with Gasteiger partial charge in [-0.1, -0.05) is 23.7 Å². The maximum atomic E-state index is 14.1. The minimum atomic E-state index is -0.570. The number of alkyl carbamates (subject to hydrolysis) is 1. The van der Waals surface area contributed by atoms with E-state index in [0.29, 0.717) is 5.56 Å². The van der Waals surface area contributed by atoms with Crippen LogP contribution in [0.2, 0.25) is 5.02 Å². The lowest BCUT2D eigenvalue weighted by atomic mass is 10.1. The zero-order valence-electron chi connectivity index (χ0n) is 13.0. The Bertz CT molecular complexity index is 501. The van der Waals surface area contributed by atoms with Gasteiger partial charge in [-0.25, -0.2) is 9.18 Å². The molecule has 0 saturated heterocycles. The van der Waals surface area contributed by atoms with E-state index in [2.05, 4.69) is 5.32 Å². The van der Waals surface area contributed by atoms with E-state index in [4.69, 9.17) is 16.3 Å². The zero-order chi connectivity index (χ0) is 16.2. The highest BCUT2D eigenvalue weighted by atomic mass is 35.5. The maximum absolute atomic E-state index is 14.1. The van der Waals surface area contributed by atoms with Crippen LogP contribution in [0.15, 0.2) is 18.2 Å². The highest BCUT2D eigenvalue weighted by Crippen LogP contribution is 2.25. The molecule has 0 aliphatic rings. The van der Waals surface area contributed by atoms with E-state index < -0.39 is 17.5 Å². The highest BCUT2D eigenvalue weighted by Gasteiger charge is 2.22. The molecule has 1 rings (SSSR count). The smallest absolute Gasteiger partial charge is 0.407 e. The quantitative estimate of drug-likeness (QED) is 0.922. The predicted octanol–water partition coefficient (Wildman–Crippen LogP) is 3.61. The molecule has 0 spiro atoms. The second-order valence-corrected chi connectivity index (χ2v) is 6.41. The van der Waals surface area contributed by atoms with Crippen molar-refractivity contribution in [2.45, 2.75) is 32.4 Å². The first-order chi connectivity index (χ1) is 9.61. The summed E-state index contributed by atoms with van der Waals surface area (Å²) in [4.78, 5) is 13.5. The van der Waals surface area contributed by atoms with Crippen LogP contribution in [0, 0.1) is 5.82 Å². The molecule has 0 fully saturated rings. The lowest BCUT2D eigenvalue weighted by Gasteiger charge is -2.26. The molecule has 118 valence electrons. The Labute approximate surface area is 130 Å². The molecule has 0 bridgehead atoms. The molecule has 0 aromatic heterocycles. The van der Waals surface area contributed by atoms with Crippen molar-refractivity contribution >= 4 is 17.7 Å². The molecule has 1 aromatic rings. The van der Waals surface area contributed by atoms with Gasteiger partial charge in [0.15, 0.2) is 0 Å². The minimum absolute atomic E-state index is 0.0663. The third-order valence-corrected chi connectivity index (χ3v) is 3.09. The van der Waals surface area contributed by atoms with Gasteiger partial charge in [0.2, 0.25) is 0 Å². The molecule has 0 radical (unpaired) electrons. The summed E-state index contributed by atoms with van der Waals surface area (Å²) < 4.78 is 19.3. The van der Waals surface area contributed by atoms with Crippen molar-refractivity contribution in [1.29, 1.82) is 0 Å². The van der Waals surface area contributed by atoms with Crippen molar-refractivity contribution in [3.8, 4) is 0 Å². The summed E-state index contributed by atoms with van der Waals surface area (Å²) in [7, 11) is 3.61. The number of amides is 1. The van der Waals surface area contributed by atoms with Crippen LogP contribution in [0.3, 0.4) is 0 Å². The Morgan fingerprint density at radius 2 is 2.05 bits per heavy atom. The first-order valence-corrected chi connectivity index (χ1v) is 7.07. The lowest BCUT2D eigenvalue weighted by molar-refractivity contribution is 0.0513. The summed E-state index contributed by atoms with van der Waals surface area (Å²) in [6.07, 6.45) is -0.531. The number of benzene rings is 1. The highest BCUT2D eigenvalue weighted by molar-refractivity contribution is 6.30. The molecular formula is C15H22ClFN2O2. The first-order valence-electron chi connectivity index (χ1n) is 6.69. The summed E-state index contributed by atoms with van der Waals surface area (Å²) >= 11 is 5.81. The Morgan fingerprint density at radius 1 is 1.43 bits per heavy atom. The van der Waals surface area contributed by atoms with E-state index in [1.54, 1.807) is 32.9 Å². The van der Waals surface area contributed by atoms with Gasteiger partial charge >= 0.3 is 6.09 Å². The number of rotatable bonds is 4. The predicted molar refractivity (Wildman–Crippen MR) is 82.1 cm³/mol. The Kier molecular flexibility index (Phi) is 5.98. The van der Waals surface area contributed by atoms with Crippen LogP contribution in [-0.2, 0) is 4.74 Å². The van der Waals surface area contributed by atoms with Crippen molar-refractivity contribution in [1.82, 2.24) is 10.2 Å². The average Bonchev–Trinajstić information content (AvgIpc) is 2.31. The SMILES string of the molecule is CN(C)[C@H](CNC(=O)OC(C)(C)C)c1cccc(Cl)c1F. The van der Waals surface area contributed by atoms with E-state index in [9.17, 15) is 9.18 Å². The van der Waals surface area contributed by atoms with E-state index in [-0.39, 0.29) is 17.6 Å². The molecular weight excluding hydrogens is 295 g/mol. The number of carbonyl (C=O) groups excluding carboxylic acids is 1. The Morgan fingerprint density at radius 3 is 2.57 bits per heavy atom. The Hall–Kier alpha value is -1.33. The number of ether oxygens (including phenoxy) is 1. The number of hydrogen-bond acceptors (Lipinski definition) is 3. The van der Waals surface area contributed by atoms with Crippen molar-refractivity contribution < 1.29 is 13.9 Å². The normalized spacial score (nSPS) is 13.1. The summed E-state index contributed by atoms with van der Waals surface area (Å²) in [6.45, 7) is 5.57. The molecule has 0 saturated carbocycles. The molecule has 1 atom stereocenters. The Balaban J connectivity index is 2.80. The van der Waals surface area contributed by atoms with Gasteiger partial charge < -0.3 is 15.0 Å². The molecule has 1 N–H and O–H groups in total. The molecule has 21 heavy (non-hydrogen) atoms. The first kappa shape index (κ1) is 17.7. The molecule has 0 aliphatic heterocycles. The minimum Gasteiger partial charge on any atom is -0.444 e. The maximum Gasteiger partial charge on any atom is 0.407 e. The monoisotopic (exact) mass is 316 g/mol. The van der Waals surface area contributed by atoms with Gasteiger partial charge in [-0.3, -0.25) is 0 Å². The molecule has 1 amide bonds. The van der Waals surface area contributed by atoms with Gasteiger partial charge in [0.05, 0.1) is 11.1 Å². The van der Waals surface area contributed by atoms with Crippen molar-refractivity contribution in [2.75, 3.05) is 20.6 Å². The molecule has 6 heteroatoms. The second-order valence-electron chi connectivity index (χ2n) is 6.01. The standard InChI is InChI=1S/C15H22ClFN2O2/c1-15(2,3)21-14(20)18-9-12(19(4)5)10-7-6-8-11(16)13(10)17/h6-8,12H,9H2,1-5H3,(H,18,20)/t12-/m1/s1. The number of halogens is 2. The number of likely N-dealkylation sites (N-methyl/N-ethyl adjacent to an activating group) is 1.